The van der Waals surface area contributed by atoms with Gasteiger partial charge in [-0.3, -0.25) is 0 Å². The number of aromatic nitrogens is 2. The Morgan fingerprint density at radius 2 is 2.12 bits per heavy atom. The summed E-state index contributed by atoms with van der Waals surface area (Å²) in [6.07, 6.45) is 11.4. The molecule has 1 aromatic rings. The van der Waals surface area contributed by atoms with Crippen LogP contribution >= 0.6 is 0 Å². The molecule has 1 aromatic heterocycles. The van der Waals surface area contributed by atoms with Crippen molar-refractivity contribution in [3.05, 3.63) is 11.9 Å². The van der Waals surface area contributed by atoms with E-state index in [1.165, 1.54) is 44.9 Å². The first-order valence-corrected chi connectivity index (χ1v) is 7.10. The summed E-state index contributed by atoms with van der Waals surface area (Å²) < 4.78 is 2.29. The quantitative estimate of drug-likeness (QED) is 0.842. The Bertz CT molecular complexity index is 337. The second-order valence-electron chi connectivity index (χ2n) is 5.23. The fourth-order valence-electron chi connectivity index (χ4n) is 2.59. The third kappa shape index (κ3) is 3.48. The molecule has 0 atom stereocenters. The van der Waals surface area contributed by atoms with Crippen molar-refractivity contribution >= 4 is 5.95 Å². The third-order valence-electron chi connectivity index (χ3n) is 3.59. The van der Waals surface area contributed by atoms with Crippen LogP contribution in [0.5, 0.6) is 0 Å². The lowest BCUT2D eigenvalue weighted by atomic mass is 9.96. The lowest BCUT2D eigenvalue weighted by molar-refractivity contribution is 0.458. The lowest BCUT2D eigenvalue weighted by Crippen LogP contribution is -2.24. The van der Waals surface area contributed by atoms with Gasteiger partial charge in [-0.2, -0.15) is 0 Å². The first kappa shape index (κ1) is 12.5. The molecule has 0 radical (unpaired) electrons. The summed E-state index contributed by atoms with van der Waals surface area (Å²) in [4.78, 5) is 4.61. The van der Waals surface area contributed by atoms with E-state index in [1.807, 2.05) is 0 Å². The first-order valence-electron chi connectivity index (χ1n) is 7.10. The molecule has 1 heterocycles. The summed E-state index contributed by atoms with van der Waals surface area (Å²) in [6.45, 7) is 5.40. The third-order valence-corrected chi connectivity index (χ3v) is 3.59. The molecule has 1 saturated carbocycles. The molecule has 0 amide bonds. The van der Waals surface area contributed by atoms with E-state index in [4.69, 9.17) is 0 Å². The molecule has 17 heavy (non-hydrogen) atoms. The highest BCUT2D eigenvalue weighted by Crippen LogP contribution is 2.21. The van der Waals surface area contributed by atoms with Gasteiger partial charge in [0.2, 0.25) is 5.95 Å². The van der Waals surface area contributed by atoms with E-state index in [9.17, 15) is 0 Å². The minimum Gasteiger partial charge on any atom is -0.353 e. The van der Waals surface area contributed by atoms with Crippen LogP contribution in [0.15, 0.2) is 6.20 Å². The molecule has 1 aliphatic carbocycles. The van der Waals surface area contributed by atoms with E-state index in [1.54, 1.807) is 0 Å². The monoisotopic (exact) mass is 235 g/mol. The normalized spacial score (nSPS) is 17.3. The topological polar surface area (TPSA) is 29.9 Å². The Kier molecular flexibility index (Phi) is 4.46. The van der Waals surface area contributed by atoms with Crippen molar-refractivity contribution in [3.8, 4) is 0 Å². The van der Waals surface area contributed by atoms with Gasteiger partial charge < -0.3 is 9.88 Å². The van der Waals surface area contributed by atoms with Gasteiger partial charge in [-0.15, -0.1) is 0 Å². The maximum Gasteiger partial charge on any atom is 0.203 e. The van der Waals surface area contributed by atoms with Gasteiger partial charge in [-0.25, -0.2) is 4.98 Å². The van der Waals surface area contributed by atoms with Crippen molar-refractivity contribution in [1.82, 2.24) is 9.55 Å². The molecule has 1 aliphatic rings. The van der Waals surface area contributed by atoms with Gasteiger partial charge in [-0.05, 0) is 26.2 Å². The van der Waals surface area contributed by atoms with Crippen molar-refractivity contribution in [2.24, 2.45) is 0 Å². The number of unbranched alkanes of at least 4 members (excludes halogenated alkanes) is 1. The molecule has 1 fully saturated rings. The van der Waals surface area contributed by atoms with E-state index in [2.05, 4.69) is 34.9 Å². The van der Waals surface area contributed by atoms with Crippen LogP contribution in [-0.4, -0.2) is 15.6 Å². The van der Waals surface area contributed by atoms with E-state index in [-0.39, 0.29) is 0 Å². The zero-order chi connectivity index (χ0) is 12.1. The Morgan fingerprint density at radius 3 is 2.82 bits per heavy atom. The van der Waals surface area contributed by atoms with Gasteiger partial charge in [0.1, 0.15) is 0 Å². The number of imidazole rings is 1. The average molecular weight is 235 g/mol. The van der Waals surface area contributed by atoms with Crippen molar-refractivity contribution in [1.29, 1.82) is 0 Å². The van der Waals surface area contributed by atoms with Crippen LogP contribution in [0.4, 0.5) is 5.95 Å². The minimum atomic E-state index is 0.644. The number of rotatable bonds is 5. The smallest absolute Gasteiger partial charge is 0.203 e. The van der Waals surface area contributed by atoms with E-state index in [0.717, 1.165) is 18.2 Å². The maximum atomic E-state index is 4.61. The summed E-state index contributed by atoms with van der Waals surface area (Å²) in [5, 5.41) is 3.63. The molecule has 0 bridgehead atoms. The molecule has 96 valence electrons. The van der Waals surface area contributed by atoms with Gasteiger partial charge in [0.25, 0.3) is 0 Å². The Hall–Kier alpha value is -0.990. The lowest BCUT2D eigenvalue weighted by Gasteiger charge is -2.23. The zero-order valence-electron chi connectivity index (χ0n) is 11.2. The minimum absolute atomic E-state index is 0.644. The van der Waals surface area contributed by atoms with Crippen molar-refractivity contribution < 1.29 is 0 Å². The van der Waals surface area contributed by atoms with Gasteiger partial charge in [0.05, 0.1) is 5.69 Å². The van der Waals surface area contributed by atoms with Crippen LogP contribution < -0.4 is 5.32 Å². The first-order chi connectivity index (χ1) is 8.29. The molecule has 3 nitrogen and oxygen atoms in total. The number of nitrogens with one attached hydrogen (secondary N) is 1. The Balaban J connectivity index is 1.97. The second kappa shape index (κ2) is 6.08. The number of nitrogens with zero attached hydrogens (tertiary/aromatic N) is 2. The fourth-order valence-corrected chi connectivity index (χ4v) is 2.59. The molecular weight excluding hydrogens is 210 g/mol. The Morgan fingerprint density at radius 1 is 1.35 bits per heavy atom. The Labute approximate surface area is 105 Å². The van der Waals surface area contributed by atoms with Gasteiger partial charge in [-0.1, -0.05) is 32.6 Å². The molecule has 1 N–H and O–H groups in total. The number of aryl methyl sites for hydroxylation is 2. The van der Waals surface area contributed by atoms with Crippen molar-refractivity contribution in [2.75, 3.05) is 5.32 Å². The summed E-state index contributed by atoms with van der Waals surface area (Å²) in [6, 6.07) is 0.644. The van der Waals surface area contributed by atoms with E-state index >= 15 is 0 Å². The second-order valence-corrected chi connectivity index (χ2v) is 5.23. The molecule has 0 spiro atoms. The number of anilines is 1. The van der Waals surface area contributed by atoms with Gasteiger partial charge >= 0.3 is 0 Å². The van der Waals surface area contributed by atoms with Crippen LogP contribution in [0.1, 0.15) is 57.6 Å². The highest BCUT2D eigenvalue weighted by atomic mass is 15.2. The van der Waals surface area contributed by atoms with Crippen molar-refractivity contribution in [3.63, 3.8) is 0 Å². The maximum absolute atomic E-state index is 4.61. The molecule has 0 saturated heterocycles. The average Bonchev–Trinajstić information content (AvgIpc) is 2.68. The SMILES string of the molecule is CCCCn1cc(C)nc1NC1CCCCC1. The number of hydrogen-bond acceptors (Lipinski definition) is 2. The van der Waals surface area contributed by atoms with Crippen LogP contribution in [0.3, 0.4) is 0 Å². The summed E-state index contributed by atoms with van der Waals surface area (Å²) in [5.41, 5.74) is 1.12. The van der Waals surface area contributed by atoms with Gasteiger partial charge in [0.15, 0.2) is 0 Å². The zero-order valence-corrected chi connectivity index (χ0v) is 11.2. The number of hydrogen-bond donors (Lipinski definition) is 1. The molecule has 0 aromatic carbocycles. The van der Waals surface area contributed by atoms with Crippen LogP contribution in [0.2, 0.25) is 0 Å². The summed E-state index contributed by atoms with van der Waals surface area (Å²) in [7, 11) is 0. The van der Waals surface area contributed by atoms with Crippen LogP contribution in [0.25, 0.3) is 0 Å². The van der Waals surface area contributed by atoms with Crippen molar-refractivity contribution in [2.45, 2.75) is 71.4 Å². The highest BCUT2D eigenvalue weighted by molar-refractivity contribution is 5.30. The standard InChI is InChI=1S/C14H25N3/c1-3-4-10-17-11-12(2)15-14(17)16-13-8-6-5-7-9-13/h11,13H,3-10H2,1-2H3,(H,15,16). The highest BCUT2D eigenvalue weighted by Gasteiger charge is 2.15. The molecule has 0 unspecified atom stereocenters. The molecule has 0 aliphatic heterocycles. The van der Waals surface area contributed by atoms with Gasteiger partial charge in [0, 0.05) is 18.8 Å². The fraction of sp³-hybridized carbons (Fsp3) is 0.786. The molecule has 2 rings (SSSR count). The largest absolute Gasteiger partial charge is 0.353 e. The summed E-state index contributed by atoms with van der Waals surface area (Å²) >= 11 is 0. The van der Waals surface area contributed by atoms with E-state index < -0.39 is 0 Å². The predicted molar refractivity (Wildman–Crippen MR) is 72.4 cm³/mol. The summed E-state index contributed by atoms with van der Waals surface area (Å²) in [5.74, 6) is 1.09. The molecule has 3 heteroatoms. The predicted octanol–water partition coefficient (Wildman–Crippen LogP) is 3.74. The van der Waals surface area contributed by atoms with Crippen LogP contribution in [0, 0.1) is 6.92 Å². The molecular formula is C14H25N3. The van der Waals surface area contributed by atoms with E-state index in [0.29, 0.717) is 6.04 Å². The van der Waals surface area contributed by atoms with Crippen LogP contribution in [-0.2, 0) is 6.54 Å².